The number of primary amides is 1. The average molecular weight is 157 g/mol. The molecule has 3 unspecified atom stereocenters. The first-order chi connectivity index (χ1) is 5.25. The van der Waals surface area contributed by atoms with Crippen LogP contribution < -0.4 is 5.73 Å². The summed E-state index contributed by atoms with van der Waals surface area (Å²) in [4.78, 5) is 10.3. The zero-order valence-corrected chi connectivity index (χ0v) is 6.16. The van der Waals surface area contributed by atoms with E-state index in [2.05, 4.69) is 0 Å². The Kier molecular flexibility index (Phi) is 1.49. The predicted octanol–water partition coefficient (Wildman–Crippen LogP) is 0.402. The summed E-state index contributed by atoms with van der Waals surface area (Å²) in [6.45, 7) is 0. The number of hydrogen-bond donors (Lipinski definition) is 1. The molecule has 0 aromatic rings. The highest BCUT2D eigenvalue weighted by Gasteiger charge is 2.44. The molecule has 2 rings (SSSR count). The number of carbonyl (C=O) groups is 1. The average Bonchev–Trinajstić information content (AvgIpc) is 2.63. The SMILES string of the molecule is NC(=O)OC1CCC2OC2C1. The zero-order valence-electron chi connectivity index (χ0n) is 6.16. The molecular weight excluding hydrogens is 146 g/mol. The van der Waals surface area contributed by atoms with Crippen molar-refractivity contribution in [2.45, 2.75) is 37.6 Å². The molecule has 2 fully saturated rings. The second-order valence-electron chi connectivity index (χ2n) is 3.08. The molecule has 1 heterocycles. The van der Waals surface area contributed by atoms with Crippen molar-refractivity contribution < 1.29 is 14.3 Å². The first-order valence-electron chi connectivity index (χ1n) is 3.87. The molecule has 1 aliphatic heterocycles. The molecule has 1 aliphatic carbocycles. The third-order valence-corrected chi connectivity index (χ3v) is 2.24. The molecule has 4 heteroatoms. The van der Waals surface area contributed by atoms with E-state index in [-0.39, 0.29) is 6.10 Å². The number of epoxide rings is 1. The highest BCUT2D eigenvalue weighted by atomic mass is 16.6. The van der Waals surface area contributed by atoms with Crippen LogP contribution in [0.4, 0.5) is 4.79 Å². The largest absolute Gasteiger partial charge is 0.446 e. The van der Waals surface area contributed by atoms with Crippen molar-refractivity contribution in [2.75, 3.05) is 0 Å². The maximum atomic E-state index is 10.3. The Morgan fingerprint density at radius 2 is 2.27 bits per heavy atom. The van der Waals surface area contributed by atoms with Gasteiger partial charge in [-0.3, -0.25) is 0 Å². The molecule has 1 saturated heterocycles. The van der Waals surface area contributed by atoms with E-state index < -0.39 is 6.09 Å². The molecule has 0 spiro atoms. The van der Waals surface area contributed by atoms with Gasteiger partial charge in [-0.25, -0.2) is 4.79 Å². The fourth-order valence-electron chi connectivity index (χ4n) is 1.64. The summed E-state index contributed by atoms with van der Waals surface area (Å²) in [5.41, 5.74) is 4.88. The van der Waals surface area contributed by atoms with Gasteiger partial charge in [0.05, 0.1) is 12.2 Å². The van der Waals surface area contributed by atoms with Crippen molar-refractivity contribution in [3.05, 3.63) is 0 Å². The molecule has 0 aromatic carbocycles. The quantitative estimate of drug-likeness (QED) is 0.560. The van der Waals surface area contributed by atoms with E-state index in [0.29, 0.717) is 12.2 Å². The van der Waals surface area contributed by atoms with Gasteiger partial charge in [0, 0.05) is 6.42 Å². The number of carbonyl (C=O) groups excluding carboxylic acids is 1. The highest BCUT2D eigenvalue weighted by molar-refractivity contribution is 5.64. The van der Waals surface area contributed by atoms with E-state index in [1.165, 1.54) is 0 Å². The minimum atomic E-state index is -0.672. The van der Waals surface area contributed by atoms with Crippen LogP contribution >= 0.6 is 0 Å². The Hall–Kier alpha value is -0.770. The second-order valence-corrected chi connectivity index (χ2v) is 3.08. The first-order valence-corrected chi connectivity index (χ1v) is 3.87. The standard InChI is InChI=1S/C7H11NO3/c8-7(9)10-4-1-2-5-6(3-4)11-5/h4-6H,1-3H2,(H2,8,9). The van der Waals surface area contributed by atoms with Crippen molar-refractivity contribution in [1.29, 1.82) is 0 Å². The van der Waals surface area contributed by atoms with Gasteiger partial charge in [-0.1, -0.05) is 0 Å². The van der Waals surface area contributed by atoms with Gasteiger partial charge in [-0.05, 0) is 12.8 Å². The molecule has 3 atom stereocenters. The van der Waals surface area contributed by atoms with Crippen LogP contribution in [0.15, 0.2) is 0 Å². The minimum Gasteiger partial charge on any atom is -0.446 e. The molecule has 62 valence electrons. The van der Waals surface area contributed by atoms with Gasteiger partial charge in [0.15, 0.2) is 0 Å². The van der Waals surface area contributed by atoms with Gasteiger partial charge in [0.25, 0.3) is 0 Å². The van der Waals surface area contributed by atoms with Crippen molar-refractivity contribution in [1.82, 2.24) is 0 Å². The number of amides is 1. The van der Waals surface area contributed by atoms with E-state index in [1.54, 1.807) is 0 Å². The molecule has 0 aromatic heterocycles. The van der Waals surface area contributed by atoms with Gasteiger partial charge in [-0.2, -0.15) is 0 Å². The second kappa shape index (κ2) is 2.37. The number of hydrogen-bond acceptors (Lipinski definition) is 3. The topological polar surface area (TPSA) is 64.9 Å². The lowest BCUT2D eigenvalue weighted by Crippen LogP contribution is -2.27. The number of nitrogens with two attached hydrogens (primary N) is 1. The summed E-state index contributed by atoms with van der Waals surface area (Å²) in [6.07, 6.45) is 2.83. The summed E-state index contributed by atoms with van der Waals surface area (Å²) >= 11 is 0. The van der Waals surface area contributed by atoms with Gasteiger partial charge in [-0.15, -0.1) is 0 Å². The monoisotopic (exact) mass is 157 g/mol. The molecule has 2 N–H and O–H groups in total. The predicted molar refractivity (Wildman–Crippen MR) is 37.0 cm³/mol. The summed E-state index contributed by atoms with van der Waals surface area (Å²) in [5.74, 6) is 0. The van der Waals surface area contributed by atoms with Gasteiger partial charge < -0.3 is 15.2 Å². The number of fused-ring (bicyclic) bond motifs is 1. The summed E-state index contributed by atoms with van der Waals surface area (Å²) in [7, 11) is 0. The smallest absolute Gasteiger partial charge is 0.404 e. The van der Waals surface area contributed by atoms with E-state index in [4.69, 9.17) is 15.2 Å². The summed E-state index contributed by atoms with van der Waals surface area (Å²) in [5, 5.41) is 0. The molecule has 1 amide bonds. The molecule has 2 aliphatic rings. The Morgan fingerprint density at radius 3 is 2.91 bits per heavy atom. The van der Waals surface area contributed by atoms with Crippen molar-refractivity contribution in [3.63, 3.8) is 0 Å². The van der Waals surface area contributed by atoms with Crippen molar-refractivity contribution in [3.8, 4) is 0 Å². The van der Waals surface area contributed by atoms with Crippen LogP contribution in [0.1, 0.15) is 19.3 Å². The Labute approximate surface area is 64.6 Å². The Balaban J connectivity index is 1.81. The Morgan fingerprint density at radius 1 is 1.45 bits per heavy atom. The van der Waals surface area contributed by atoms with Gasteiger partial charge in [0.1, 0.15) is 6.10 Å². The lowest BCUT2D eigenvalue weighted by atomic mass is 9.98. The van der Waals surface area contributed by atoms with Crippen LogP contribution in [-0.2, 0) is 9.47 Å². The van der Waals surface area contributed by atoms with Crippen molar-refractivity contribution in [2.24, 2.45) is 5.73 Å². The van der Waals surface area contributed by atoms with E-state index in [1.807, 2.05) is 0 Å². The molecule has 0 bridgehead atoms. The van der Waals surface area contributed by atoms with Crippen LogP contribution in [-0.4, -0.2) is 24.4 Å². The van der Waals surface area contributed by atoms with Gasteiger partial charge in [0.2, 0.25) is 0 Å². The van der Waals surface area contributed by atoms with Crippen LogP contribution in [0, 0.1) is 0 Å². The molecule has 4 nitrogen and oxygen atoms in total. The highest BCUT2D eigenvalue weighted by Crippen LogP contribution is 2.37. The summed E-state index contributed by atoms with van der Waals surface area (Å²) < 4.78 is 10.1. The fraction of sp³-hybridized carbons (Fsp3) is 0.857. The first kappa shape index (κ1) is 6.91. The third-order valence-electron chi connectivity index (χ3n) is 2.24. The maximum absolute atomic E-state index is 10.3. The molecular formula is C7H11NO3. The molecule has 0 radical (unpaired) electrons. The van der Waals surface area contributed by atoms with Crippen LogP contribution in [0.3, 0.4) is 0 Å². The maximum Gasteiger partial charge on any atom is 0.404 e. The van der Waals surface area contributed by atoms with E-state index in [0.717, 1.165) is 19.3 Å². The normalized spacial score (nSPS) is 40.9. The van der Waals surface area contributed by atoms with Crippen LogP contribution in [0.2, 0.25) is 0 Å². The number of ether oxygens (including phenoxy) is 2. The van der Waals surface area contributed by atoms with E-state index >= 15 is 0 Å². The minimum absolute atomic E-state index is 0.00347. The van der Waals surface area contributed by atoms with E-state index in [9.17, 15) is 4.79 Å². The fourth-order valence-corrected chi connectivity index (χ4v) is 1.64. The third kappa shape index (κ3) is 1.45. The molecule has 11 heavy (non-hydrogen) atoms. The lowest BCUT2D eigenvalue weighted by Gasteiger charge is -2.17. The summed E-state index contributed by atoms with van der Waals surface area (Å²) in [6, 6.07) is 0. The molecule has 1 saturated carbocycles. The zero-order chi connectivity index (χ0) is 7.84. The van der Waals surface area contributed by atoms with Crippen molar-refractivity contribution >= 4 is 6.09 Å². The number of rotatable bonds is 1. The van der Waals surface area contributed by atoms with Crippen LogP contribution in [0.25, 0.3) is 0 Å². The Bertz CT molecular complexity index is 183. The van der Waals surface area contributed by atoms with Gasteiger partial charge >= 0.3 is 6.09 Å². The lowest BCUT2D eigenvalue weighted by molar-refractivity contribution is 0.0876. The van der Waals surface area contributed by atoms with Crippen LogP contribution in [0.5, 0.6) is 0 Å².